The number of hydrogen-bond donors (Lipinski definition) is 1. The predicted molar refractivity (Wildman–Crippen MR) is 91.6 cm³/mol. The minimum Gasteiger partial charge on any atom is -0.326 e. The average Bonchev–Trinajstić information content (AvgIpc) is 3.24. The van der Waals surface area contributed by atoms with Crippen LogP contribution in [0, 0.1) is 17.8 Å². The number of amides is 1. The van der Waals surface area contributed by atoms with Gasteiger partial charge in [0, 0.05) is 23.1 Å². The zero-order valence-electron chi connectivity index (χ0n) is 11.8. The van der Waals surface area contributed by atoms with Crippen LogP contribution >= 0.6 is 23.5 Å². The van der Waals surface area contributed by atoms with Crippen molar-refractivity contribution in [2.45, 2.75) is 17.4 Å². The number of hydrogen-bond acceptors (Lipinski definition) is 3. The van der Waals surface area contributed by atoms with Crippen molar-refractivity contribution in [3.63, 3.8) is 0 Å². The van der Waals surface area contributed by atoms with Crippen molar-refractivity contribution >= 4 is 35.1 Å². The molecule has 1 aromatic carbocycles. The van der Waals surface area contributed by atoms with Crippen LogP contribution < -0.4 is 5.32 Å². The van der Waals surface area contributed by atoms with Gasteiger partial charge in [-0.2, -0.15) is 0 Å². The molecule has 1 amide bonds. The predicted octanol–water partition coefficient (Wildman–Crippen LogP) is 4.32. The molecule has 0 spiro atoms. The molecule has 0 radical (unpaired) electrons. The maximum absolute atomic E-state index is 12.5. The lowest BCUT2D eigenvalue weighted by atomic mass is 9.93. The summed E-state index contributed by atoms with van der Waals surface area (Å²) in [7, 11) is 0. The number of anilines is 1. The Kier molecular flexibility index (Phi) is 3.76. The van der Waals surface area contributed by atoms with E-state index in [2.05, 4.69) is 35.7 Å². The average molecular weight is 317 g/mol. The van der Waals surface area contributed by atoms with E-state index < -0.39 is 0 Å². The first kappa shape index (κ1) is 13.8. The smallest absolute Gasteiger partial charge is 0.228 e. The van der Waals surface area contributed by atoms with Gasteiger partial charge in [-0.05, 0) is 42.4 Å². The van der Waals surface area contributed by atoms with Crippen LogP contribution in [-0.2, 0) is 4.79 Å². The van der Waals surface area contributed by atoms with Gasteiger partial charge in [0.15, 0.2) is 0 Å². The Morgan fingerprint density at radius 2 is 2.00 bits per heavy atom. The number of allylic oxidation sites excluding steroid dienone is 2. The third-order valence-corrected chi connectivity index (χ3v) is 7.77. The quantitative estimate of drug-likeness (QED) is 0.842. The molecule has 3 aliphatic rings. The molecule has 2 bridgehead atoms. The highest BCUT2D eigenvalue weighted by Gasteiger charge is 2.39. The molecule has 2 fully saturated rings. The second-order valence-electron chi connectivity index (χ2n) is 6.07. The summed E-state index contributed by atoms with van der Waals surface area (Å²) in [6.07, 6.45) is 6.72. The van der Waals surface area contributed by atoms with E-state index in [4.69, 9.17) is 0 Å². The second-order valence-corrected chi connectivity index (χ2v) is 8.80. The van der Waals surface area contributed by atoms with Crippen LogP contribution in [0.3, 0.4) is 0 Å². The molecule has 3 atom stereocenters. The van der Waals surface area contributed by atoms with Gasteiger partial charge in [0.05, 0.1) is 4.58 Å². The fourth-order valence-corrected chi connectivity index (χ4v) is 6.47. The molecule has 1 saturated heterocycles. The number of fused-ring (bicyclic) bond motifs is 2. The molecule has 2 aliphatic carbocycles. The van der Waals surface area contributed by atoms with Crippen LogP contribution in [0.15, 0.2) is 36.4 Å². The Morgan fingerprint density at radius 3 is 2.71 bits per heavy atom. The maximum atomic E-state index is 12.5. The van der Waals surface area contributed by atoms with Gasteiger partial charge < -0.3 is 5.32 Å². The molecular weight excluding hydrogens is 298 g/mol. The lowest BCUT2D eigenvalue weighted by Crippen LogP contribution is -2.25. The van der Waals surface area contributed by atoms with Crippen LogP contribution in [0.2, 0.25) is 0 Å². The normalized spacial score (nSPS) is 31.0. The highest BCUT2D eigenvalue weighted by molar-refractivity contribution is 8.19. The third kappa shape index (κ3) is 2.76. The summed E-state index contributed by atoms with van der Waals surface area (Å²) in [5.41, 5.74) is 2.28. The van der Waals surface area contributed by atoms with Crippen molar-refractivity contribution in [1.82, 2.24) is 0 Å². The number of carbonyl (C=O) groups is 1. The first-order chi connectivity index (χ1) is 10.3. The van der Waals surface area contributed by atoms with Gasteiger partial charge >= 0.3 is 0 Å². The van der Waals surface area contributed by atoms with Crippen molar-refractivity contribution in [2.75, 3.05) is 16.8 Å². The van der Waals surface area contributed by atoms with Crippen LogP contribution in [0.5, 0.6) is 0 Å². The van der Waals surface area contributed by atoms with Gasteiger partial charge in [-0.1, -0.05) is 24.3 Å². The topological polar surface area (TPSA) is 29.1 Å². The second kappa shape index (κ2) is 5.73. The lowest BCUT2D eigenvalue weighted by Gasteiger charge is -2.18. The highest BCUT2D eigenvalue weighted by atomic mass is 32.2. The van der Waals surface area contributed by atoms with Crippen molar-refractivity contribution in [2.24, 2.45) is 17.8 Å². The first-order valence-electron chi connectivity index (χ1n) is 7.62. The van der Waals surface area contributed by atoms with Gasteiger partial charge in [-0.25, -0.2) is 0 Å². The molecule has 1 aromatic rings. The molecule has 1 heterocycles. The summed E-state index contributed by atoms with van der Waals surface area (Å²) in [6.45, 7) is 0. The van der Waals surface area contributed by atoms with Crippen molar-refractivity contribution in [3.8, 4) is 0 Å². The summed E-state index contributed by atoms with van der Waals surface area (Å²) >= 11 is 4.00. The van der Waals surface area contributed by atoms with Gasteiger partial charge in [0.25, 0.3) is 0 Å². The van der Waals surface area contributed by atoms with Crippen molar-refractivity contribution in [3.05, 3.63) is 42.0 Å². The third-order valence-electron chi connectivity index (χ3n) is 4.66. The zero-order valence-corrected chi connectivity index (χ0v) is 13.5. The van der Waals surface area contributed by atoms with E-state index in [1.54, 1.807) is 0 Å². The van der Waals surface area contributed by atoms with Crippen LogP contribution in [0.25, 0.3) is 0 Å². The summed E-state index contributed by atoms with van der Waals surface area (Å²) in [5, 5.41) is 3.14. The SMILES string of the molecule is O=C(Nc1cccc(C2SCCS2)c1)C1CC2C=CC1C2. The molecule has 3 unspecified atom stereocenters. The summed E-state index contributed by atoms with van der Waals surface area (Å²) < 4.78 is 0.535. The monoisotopic (exact) mass is 317 g/mol. The summed E-state index contributed by atoms with van der Waals surface area (Å²) in [5.74, 6) is 3.95. The molecule has 0 aromatic heterocycles. The molecule has 4 heteroatoms. The van der Waals surface area contributed by atoms with Crippen LogP contribution in [-0.4, -0.2) is 17.4 Å². The van der Waals surface area contributed by atoms with E-state index in [-0.39, 0.29) is 11.8 Å². The molecule has 4 rings (SSSR count). The Labute approximate surface area is 134 Å². The lowest BCUT2D eigenvalue weighted by molar-refractivity contribution is -0.120. The Balaban J connectivity index is 1.45. The van der Waals surface area contributed by atoms with E-state index in [0.717, 1.165) is 12.1 Å². The number of thioether (sulfide) groups is 2. The van der Waals surface area contributed by atoms with E-state index >= 15 is 0 Å². The van der Waals surface area contributed by atoms with E-state index in [9.17, 15) is 4.79 Å². The number of nitrogens with one attached hydrogen (secondary N) is 1. The highest BCUT2D eigenvalue weighted by Crippen LogP contribution is 2.46. The molecule has 1 N–H and O–H groups in total. The Hall–Kier alpha value is -0.870. The van der Waals surface area contributed by atoms with Crippen molar-refractivity contribution in [1.29, 1.82) is 0 Å². The largest absolute Gasteiger partial charge is 0.326 e. The molecule has 2 nitrogen and oxygen atoms in total. The van der Waals surface area contributed by atoms with Gasteiger partial charge in [-0.15, -0.1) is 23.5 Å². The summed E-state index contributed by atoms with van der Waals surface area (Å²) in [6, 6.07) is 8.39. The van der Waals surface area contributed by atoms with Crippen LogP contribution in [0.4, 0.5) is 5.69 Å². The molecular formula is C17H19NOS2. The first-order valence-corrected chi connectivity index (χ1v) is 9.72. The van der Waals surface area contributed by atoms with Crippen molar-refractivity contribution < 1.29 is 4.79 Å². The fourth-order valence-electron chi connectivity index (χ4n) is 3.63. The number of carbonyl (C=O) groups excluding carboxylic acids is 1. The minimum atomic E-state index is 0.180. The molecule has 110 valence electrons. The van der Waals surface area contributed by atoms with E-state index in [1.165, 1.54) is 23.5 Å². The van der Waals surface area contributed by atoms with Gasteiger partial charge in [-0.3, -0.25) is 4.79 Å². The molecule has 1 saturated carbocycles. The van der Waals surface area contributed by atoms with Gasteiger partial charge in [0.1, 0.15) is 0 Å². The Morgan fingerprint density at radius 1 is 1.14 bits per heavy atom. The van der Waals surface area contributed by atoms with E-state index in [0.29, 0.717) is 16.4 Å². The number of rotatable bonds is 3. The standard InChI is InChI=1S/C17H19NOS2/c19-16(15-9-11-4-5-12(15)8-11)18-14-3-1-2-13(10-14)17-20-6-7-21-17/h1-5,10-12,15,17H,6-9H2,(H,18,19). The zero-order chi connectivity index (χ0) is 14.2. The Bertz CT molecular complexity index is 580. The fraction of sp³-hybridized carbons (Fsp3) is 0.471. The van der Waals surface area contributed by atoms with E-state index in [1.807, 2.05) is 29.6 Å². The molecule has 1 aliphatic heterocycles. The van der Waals surface area contributed by atoms with Gasteiger partial charge in [0.2, 0.25) is 5.91 Å². The van der Waals surface area contributed by atoms with Crippen LogP contribution in [0.1, 0.15) is 23.0 Å². The molecule has 21 heavy (non-hydrogen) atoms. The number of benzene rings is 1. The minimum absolute atomic E-state index is 0.180. The maximum Gasteiger partial charge on any atom is 0.228 e. The summed E-state index contributed by atoms with van der Waals surface area (Å²) in [4.78, 5) is 12.5.